The Bertz CT molecular complexity index is 1060. The van der Waals surface area contributed by atoms with Crippen LogP contribution in [0.2, 0.25) is 0 Å². The molecule has 0 radical (unpaired) electrons. The number of amides is 1. The van der Waals surface area contributed by atoms with E-state index in [1.165, 1.54) is 11.8 Å². The lowest BCUT2D eigenvalue weighted by Gasteiger charge is -2.15. The van der Waals surface area contributed by atoms with Crippen LogP contribution in [0.5, 0.6) is 0 Å². The lowest BCUT2D eigenvalue weighted by atomic mass is 10.1. The first-order valence-corrected chi connectivity index (χ1v) is 9.96. The molecule has 0 saturated heterocycles. The molecule has 2 aromatic heterocycles. The number of nitrogens with one attached hydrogen (secondary N) is 1. The maximum atomic E-state index is 12.8. The minimum absolute atomic E-state index is 0.106. The predicted octanol–water partition coefficient (Wildman–Crippen LogP) is 5.01. The van der Waals surface area contributed by atoms with Gasteiger partial charge in [-0.05, 0) is 42.3 Å². The number of rotatable bonds is 6. The molecular formula is C22H19N3O2S. The molecule has 4 rings (SSSR count). The first-order valence-electron chi connectivity index (χ1n) is 8.98. The standard InChI is InChI=1S/C22H19N3O2S/c1-15(16-8-6-12-23-13-16)24-21(26)18-9-3-2-7-17(18)14-28-22-25-19-10-4-5-11-20(19)27-22/h2-13,15H,14H2,1H3,(H,24,26). The summed E-state index contributed by atoms with van der Waals surface area (Å²) in [6.45, 7) is 1.95. The Morgan fingerprint density at radius 2 is 1.93 bits per heavy atom. The Balaban J connectivity index is 1.47. The molecular weight excluding hydrogens is 370 g/mol. The third-order valence-electron chi connectivity index (χ3n) is 4.42. The van der Waals surface area contributed by atoms with E-state index in [2.05, 4.69) is 15.3 Å². The van der Waals surface area contributed by atoms with Gasteiger partial charge in [0.1, 0.15) is 5.52 Å². The van der Waals surface area contributed by atoms with Crippen molar-refractivity contribution in [1.29, 1.82) is 0 Å². The van der Waals surface area contributed by atoms with Crippen molar-refractivity contribution in [3.05, 3.63) is 89.7 Å². The second-order valence-electron chi connectivity index (χ2n) is 6.37. The fourth-order valence-corrected chi connectivity index (χ4v) is 3.75. The fourth-order valence-electron chi connectivity index (χ4n) is 2.91. The molecule has 1 N–H and O–H groups in total. The van der Waals surface area contributed by atoms with Gasteiger partial charge < -0.3 is 9.73 Å². The van der Waals surface area contributed by atoms with Gasteiger partial charge in [-0.2, -0.15) is 0 Å². The number of hydrogen-bond donors (Lipinski definition) is 1. The largest absolute Gasteiger partial charge is 0.431 e. The highest BCUT2D eigenvalue weighted by Crippen LogP contribution is 2.27. The Labute approximate surface area is 167 Å². The number of benzene rings is 2. The third kappa shape index (κ3) is 4.07. The molecule has 1 atom stereocenters. The van der Waals surface area contributed by atoms with Gasteiger partial charge in [0.25, 0.3) is 11.1 Å². The number of pyridine rings is 1. The number of nitrogens with zero attached hydrogens (tertiary/aromatic N) is 2. The molecule has 2 aromatic carbocycles. The van der Waals surface area contributed by atoms with Crippen molar-refractivity contribution in [3.8, 4) is 0 Å². The van der Waals surface area contributed by atoms with Gasteiger partial charge in [-0.15, -0.1) is 0 Å². The van der Waals surface area contributed by atoms with Gasteiger partial charge in [0.15, 0.2) is 5.58 Å². The molecule has 6 heteroatoms. The maximum absolute atomic E-state index is 12.8. The highest BCUT2D eigenvalue weighted by Gasteiger charge is 2.15. The normalized spacial score (nSPS) is 12.0. The summed E-state index contributed by atoms with van der Waals surface area (Å²) in [5.41, 5.74) is 4.16. The van der Waals surface area contributed by atoms with Crippen LogP contribution in [0.25, 0.3) is 11.1 Å². The van der Waals surface area contributed by atoms with Crippen LogP contribution < -0.4 is 5.32 Å². The van der Waals surface area contributed by atoms with E-state index in [4.69, 9.17) is 4.42 Å². The molecule has 0 aliphatic rings. The van der Waals surface area contributed by atoms with E-state index in [1.54, 1.807) is 12.4 Å². The molecule has 5 nitrogen and oxygen atoms in total. The second kappa shape index (κ2) is 8.27. The minimum atomic E-state index is -0.126. The zero-order valence-corrected chi connectivity index (χ0v) is 16.1. The minimum Gasteiger partial charge on any atom is -0.431 e. The van der Waals surface area contributed by atoms with Crippen LogP contribution in [-0.2, 0) is 5.75 Å². The molecule has 2 heterocycles. The summed E-state index contributed by atoms with van der Waals surface area (Å²) in [5, 5.41) is 3.64. The Hall–Kier alpha value is -3.12. The Morgan fingerprint density at radius 3 is 2.75 bits per heavy atom. The average Bonchev–Trinajstić information content (AvgIpc) is 3.16. The summed E-state index contributed by atoms with van der Waals surface area (Å²) in [7, 11) is 0. The van der Waals surface area contributed by atoms with Crippen LogP contribution >= 0.6 is 11.8 Å². The van der Waals surface area contributed by atoms with E-state index in [-0.39, 0.29) is 11.9 Å². The fraction of sp³-hybridized carbons (Fsp3) is 0.136. The summed E-state index contributed by atoms with van der Waals surface area (Å²) in [6, 6.07) is 19.0. The van der Waals surface area contributed by atoms with Crippen LogP contribution in [0.3, 0.4) is 0 Å². The molecule has 0 saturated carbocycles. The van der Waals surface area contributed by atoms with Crippen molar-refractivity contribution in [1.82, 2.24) is 15.3 Å². The van der Waals surface area contributed by atoms with Crippen LogP contribution in [0, 0.1) is 0 Å². The number of hydrogen-bond acceptors (Lipinski definition) is 5. The molecule has 0 aliphatic heterocycles. The van der Waals surface area contributed by atoms with Crippen molar-refractivity contribution >= 4 is 28.8 Å². The summed E-state index contributed by atoms with van der Waals surface area (Å²) < 4.78 is 5.76. The van der Waals surface area contributed by atoms with Gasteiger partial charge in [0.2, 0.25) is 0 Å². The van der Waals surface area contributed by atoms with Crippen LogP contribution in [0.15, 0.2) is 82.7 Å². The summed E-state index contributed by atoms with van der Waals surface area (Å²) in [4.78, 5) is 21.4. The highest BCUT2D eigenvalue weighted by atomic mass is 32.2. The van der Waals surface area contributed by atoms with Gasteiger partial charge in [0, 0.05) is 23.7 Å². The van der Waals surface area contributed by atoms with E-state index in [1.807, 2.05) is 67.6 Å². The molecule has 1 unspecified atom stereocenters. The monoisotopic (exact) mass is 389 g/mol. The van der Waals surface area contributed by atoms with Crippen molar-refractivity contribution in [3.63, 3.8) is 0 Å². The SMILES string of the molecule is CC(NC(=O)c1ccccc1CSc1nc2ccccc2o1)c1cccnc1. The van der Waals surface area contributed by atoms with Gasteiger partial charge in [0.05, 0.1) is 6.04 Å². The lowest BCUT2D eigenvalue weighted by Crippen LogP contribution is -2.27. The number of oxazole rings is 1. The zero-order valence-electron chi connectivity index (χ0n) is 15.3. The van der Waals surface area contributed by atoms with Crippen molar-refractivity contribution in [2.24, 2.45) is 0 Å². The first-order chi connectivity index (χ1) is 13.7. The van der Waals surface area contributed by atoms with E-state index in [9.17, 15) is 4.79 Å². The maximum Gasteiger partial charge on any atom is 0.257 e. The van der Waals surface area contributed by atoms with Gasteiger partial charge in [-0.3, -0.25) is 9.78 Å². The second-order valence-corrected chi connectivity index (χ2v) is 7.30. The molecule has 4 aromatic rings. The molecule has 140 valence electrons. The van der Waals surface area contributed by atoms with E-state index >= 15 is 0 Å². The van der Waals surface area contributed by atoms with Gasteiger partial charge in [-0.25, -0.2) is 4.98 Å². The lowest BCUT2D eigenvalue weighted by molar-refractivity contribution is 0.0939. The number of aromatic nitrogens is 2. The number of para-hydroxylation sites is 2. The zero-order chi connectivity index (χ0) is 19.3. The molecule has 0 fully saturated rings. The van der Waals surface area contributed by atoms with Crippen LogP contribution in [-0.4, -0.2) is 15.9 Å². The summed E-state index contributed by atoms with van der Waals surface area (Å²) >= 11 is 1.48. The predicted molar refractivity (Wildman–Crippen MR) is 110 cm³/mol. The van der Waals surface area contributed by atoms with Crippen molar-refractivity contribution < 1.29 is 9.21 Å². The number of thioether (sulfide) groups is 1. The molecule has 28 heavy (non-hydrogen) atoms. The van der Waals surface area contributed by atoms with Crippen LogP contribution in [0.1, 0.15) is 34.5 Å². The van der Waals surface area contributed by atoms with Gasteiger partial charge in [-0.1, -0.05) is 48.2 Å². The quantitative estimate of drug-likeness (QED) is 0.470. The Kier molecular flexibility index (Phi) is 5.39. The molecule has 0 bridgehead atoms. The van der Waals surface area contributed by atoms with E-state index in [0.29, 0.717) is 16.5 Å². The average molecular weight is 389 g/mol. The van der Waals surface area contributed by atoms with Gasteiger partial charge >= 0.3 is 0 Å². The third-order valence-corrected chi connectivity index (χ3v) is 5.30. The first kappa shape index (κ1) is 18.3. The van der Waals surface area contributed by atoms with Crippen LogP contribution in [0.4, 0.5) is 0 Å². The highest BCUT2D eigenvalue weighted by molar-refractivity contribution is 7.98. The van der Waals surface area contributed by atoms with Crippen molar-refractivity contribution in [2.45, 2.75) is 23.9 Å². The summed E-state index contributed by atoms with van der Waals surface area (Å²) in [6.07, 6.45) is 3.48. The number of carbonyl (C=O) groups is 1. The molecule has 0 aliphatic carbocycles. The number of carbonyl (C=O) groups excluding carboxylic acids is 1. The summed E-state index contributed by atoms with van der Waals surface area (Å²) in [5.74, 6) is 0.489. The van der Waals surface area contributed by atoms with Crippen molar-refractivity contribution in [2.75, 3.05) is 0 Å². The smallest absolute Gasteiger partial charge is 0.257 e. The number of fused-ring (bicyclic) bond motifs is 1. The Morgan fingerprint density at radius 1 is 1.11 bits per heavy atom. The topological polar surface area (TPSA) is 68.0 Å². The molecule has 0 spiro atoms. The van der Waals surface area contributed by atoms with E-state index in [0.717, 1.165) is 22.2 Å². The molecule has 1 amide bonds. The van der Waals surface area contributed by atoms with E-state index < -0.39 is 0 Å².